The van der Waals surface area contributed by atoms with Gasteiger partial charge >= 0.3 is 0 Å². The van der Waals surface area contributed by atoms with Gasteiger partial charge in [0.1, 0.15) is 5.76 Å². The Hall–Kier alpha value is -2.11. The molecule has 0 saturated heterocycles. The molecule has 1 amide bonds. The van der Waals surface area contributed by atoms with E-state index < -0.39 is 0 Å². The highest BCUT2D eigenvalue weighted by Gasteiger charge is 2.15. The van der Waals surface area contributed by atoms with E-state index in [2.05, 4.69) is 0 Å². The minimum atomic E-state index is -0.0672. The molecule has 1 aromatic heterocycles. The maximum atomic E-state index is 11.8. The van der Waals surface area contributed by atoms with Crippen LogP contribution in [0.4, 0.5) is 0 Å². The van der Waals surface area contributed by atoms with Crippen molar-refractivity contribution in [2.75, 3.05) is 19.7 Å². The molecule has 0 aliphatic carbocycles. The Balaban J connectivity index is 0.000000693. The van der Waals surface area contributed by atoms with Crippen LogP contribution in [0.2, 0.25) is 0 Å². The number of carbonyl (C=O) groups is 1. The number of thiophene rings is 1. The van der Waals surface area contributed by atoms with E-state index in [1.807, 2.05) is 73.8 Å². The van der Waals surface area contributed by atoms with Crippen molar-refractivity contribution in [1.29, 1.82) is 0 Å². The van der Waals surface area contributed by atoms with E-state index in [4.69, 9.17) is 10.5 Å². The first-order chi connectivity index (χ1) is 11.7. The van der Waals surface area contributed by atoms with E-state index in [-0.39, 0.29) is 13.9 Å². The Morgan fingerprint density at radius 1 is 1.25 bits per heavy atom. The third-order valence-electron chi connectivity index (χ3n) is 3.12. The van der Waals surface area contributed by atoms with Crippen LogP contribution >= 0.6 is 11.3 Å². The molecule has 24 heavy (non-hydrogen) atoms. The molecule has 5 heteroatoms. The second kappa shape index (κ2) is 12.3. The highest BCUT2D eigenvalue weighted by atomic mass is 32.1. The van der Waals surface area contributed by atoms with Crippen molar-refractivity contribution in [3.8, 4) is 0 Å². The summed E-state index contributed by atoms with van der Waals surface area (Å²) in [6.07, 6.45) is 1.88. The number of ether oxygens (including phenoxy) is 1. The van der Waals surface area contributed by atoms with Crippen molar-refractivity contribution in [3.63, 3.8) is 0 Å². The largest absolute Gasteiger partial charge is 0.497 e. The predicted octanol–water partition coefficient (Wildman–Crippen LogP) is 3.91. The SMILES string of the molecule is C/C=C(/CN(Cc1cccs1)C(=O)CN)OCC.[HH].c1ccccc1. The smallest absolute Gasteiger partial charge is 0.237 e. The Bertz CT molecular complexity index is 562. The van der Waals surface area contributed by atoms with Gasteiger partial charge in [0.25, 0.3) is 0 Å². The second-order valence-electron chi connectivity index (χ2n) is 4.88. The molecular formula is C19H28N2O2S. The molecule has 1 heterocycles. The van der Waals surface area contributed by atoms with Gasteiger partial charge in [0.05, 0.1) is 26.2 Å². The highest BCUT2D eigenvalue weighted by Crippen LogP contribution is 2.13. The summed E-state index contributed by atoms with van der Waals surface area (Å²) in [6.45, 7) is 5.51. The Morgan fingerprint density at radius 2 is 1.88 bits per heavy atom. The van der Waals surface area contributed by atoms with Crippen LogP contribution in [0.3, 0.4) is 0 Å². The van der Waals surface area contributed by atoms with Crippen molar-refractivity contribution in [2.45, 2.75) is 20.4 Å². The highest BCUT2D eigenvalue weighted by molar-refractivity contribution is 7.09. The number of carbonyl (C=O) groups excluding carboxylic acids is 1. The number of nitrogens with two attached hydrogens (primary N) is 1. The first kappa shape index (κ1) is 19.9. The molecule has 2 aromatic rings. The molecule has 0 aliphatic heterocycles. The zero-order valence-corrected chi connectivity index (χ0v) is 15.2. The summed E-state index contributed by atoms with van der Waals surface area (Å²) in [7, 11) is 0. The van der Waals surface area contributed by atoms with Gasteiger partial charge in [-0.2, -0.15) is 0 Å². The predicted molar refractivity (Wildman–Crippen MR) is 103 cm³/mol. The number of hydrogen-bond donors (Lipinski definition) is 1. The lowest BCUT2D eigenvalue weighted by atomic mass is 10.3. The van der Waals surface area contributed by atoms with E-state index in [0.29, 0.717) is 19.7 Å². The average molecular weight is 349 g/mol. The summed E-state index contributed by atoms with van der Waals surface area (Å²) >= 11 is 1.63. The molecule has 0 radical (unpaired) electrons. The Morgan fingerprint density at radius 3 is 2.29 bits per heavy atom. The van der Waals surface area contributed by atoms with Crippen LogP contribution in [0.25, 0.3) is 0 Å². The molecule has 0 bridgehead atoms. The number of allylic oxidation sites excluding steroid dienone is 1. The van der Waals surface area contributed by atoms with Crippen LogP contribution in [0.15, 0.2) is 65.7 Å². The molecule has 0 aliphatic rings. The number of amides is 1. The average Bonchev–Trinajstić information content (AvgIpc) is 3.15. The van der Waals surface area contributed by atoms with Crippen molar-refractivity contribution in [2.24, 2.45) is 5.73 Å². The number of nitrogens with zero attached hydrogens (tertiary/aromatic N) is 1. The molecule has 0 spiro atoms. The van der Waals surface area contributed by atoms with Crippen molar-refractivity contribution < 1.29 is 11.0 Å². The van der Waals surface area contributed by atoms with Crippen LogP contribution < -0.4 is 5.73 Å². The van der Waals surface area contributed by atoms with E-state index in [0.717, 1.165) is 10.6 Å². The molecular weight excluding hydrogens is 320 g/mol. The number of hydrogen-bond acceptors (Lipinski definition) is 4. The number of rotatable bonds is 7. The van der Waals surface area contributed by atoms with E-state index in [1.165, 1.54) is 0 Å². The van der Waals surface area contributed by atoms with Gasteiger partial charge in [0, 0.05) is 6.30 Å². The Kier molecular flexibility index (Phi) is 10.2. The van der Waals surface area contributed by atoms with Crippen molar-refractivity contribution in [3.05, 3.63) is 70.6 Å². The van der Waals surface area contributed by atoms with Gasteiger partial charge in [-0.15, -0.1) is 11.3 Å². The number of benzene rings is 1. The molecule has 4 nitrogen and oxygen atoms in total. The minimum absolute atomic E-state index is 0. The van der Waals surface area contributed by atoms with Gasteiger partial charge in [-0.05, 0) is 31.4 Å². The first-order valence-corrected chi connectivity index (χ1v) is 8.87. The monoisotopic (exact) mass is 348 g/mol. The molecule has 0 fully saturated rings. The van der Waals surface area contributed by atoms with E-state index in [1.54, 1.807) is 16.2 Å². The summed E-state index contributed by atoms with van der Waals surface area (Å²) in [5.74, 6) is 0.735. The van der Waals surface area contributed by atoms with Crippen LogP contribution in [-0.2, 0) is 16.1 Å². The van der Waals surface area contributed by atoms with Crippen LogP contribution in [0.5, 0.6) is 0 Å². The first-order valence-electron chi connectivity index (χ1n) is 7.99. The zero-order chi connectivity index (χ0) is 17.6. The minimum Gasteiger partial charge on any atom is -0.497 e. The summed E-state index contributed by atoms with van der Waals surface area (Å²) in [6, 6.07) is 16.0. The normalized spacial score (nSPS) is 10.5. The van der Waals surface area contributed by atoms with Crippen LogP contribution in [-0.4, -0.2) is 30.5 Å². The molecule has 132 valence electrons. The molecule has 0 atom stereocenters. The van der Waals surface area contributed by atoms with E-state index in [9.17, 15) is 4.79 Å². The molecule has 0 unspecified atom stereocenters. The fraction of sp³-hybridized carbons (Fsp3) is 0.316. The maximum absolute atomic E-state index is 11.8. The summed E-state index contributed by atoms with van der Waals surface area (Å²) in [5.41, 5.74) is 5.44. The molecule has 0 saturated carbocycles. The fourth-order valence-corrected chi connectivity index (χ4v) is 2.65. The van der Waals surface area contributed by atoms with Gasteiger partial charge in [-0.1, -0.05) is 42.5 Å². The zero-order valence-electron chi connectivity index (χ0n) is 14.4. The topological polar surface area (TPSA) is 55.6 Å². The van der Waals surface area contributed by atoms with Crippen molar-refractivity contribution >= 4 is 17.2 Å². The quantitative estimate of drug-likeness (QED) is 0.772. The third kappa shape index (κ3) is 7.94. The summed E-state index contributed by atoms with van der Waals surface area (Å²) in [4.78, 5) is 14.7. The van der Waals surface area contributed by atoms with Gasteiger partial charge < -0.3 is 15.4 Å². The van der Waals surface area contributed by atoms with Crippen LogP contribution in [0, 0.1) is 0 Å². The molecule has 1 aromatic carbocycles. The Labute approximate surface area is 150 Å². The van der Waals surface area contributed by atoms with Crippen molar-refractivity contribution in [1.82, 2.24) is 4.90 Å². The van der Waals surface area contributed by atoms with E-state index >= 15 is 0 Å². The second-order valence-corrected chi connectivity index (χ2v) is 5.91. The van der Waals surface area contributed by atoms with Gasteiger partial charge in [-0.25, -0.2) is 0 Å². The maximum Gasteiger partial charge on any atom is 0.237 e. The standard InChI is InChI=1S/C13H20N2O2S.C6H6.H2/c1-3-11(17-4-2)9-15(13(16)8-14)10-12-6-5-7-18-12;1-2-4-6-5-3-1;/h3,5-7H,4,8-10,14H2,1-2H3;1-6H;1H/b11-3-;;. The summed E-state index contributed by atoms with van der Waals surface area (Å²) in [5, 5.41) is 2.00. The van der Waals surface area contributed by atoms with Gasteiger partial charge in [0.2, 0.25) is 5.91 Å². The lowest BCUT2D eigenvalue weighted by Crippen LogP contribution is -2.37. The third-order valence-corrected chi connectivity index (χ3v) is 3.98. The fourth-order valence-electron chi connectivity index (χ4n) is 1.93. The lowest BCUT2D eigenvalue weighted by Gasteiger charge is -2.22. The molecule has 2 N–H and O–H groups in total. The van der Waals surface area contributed by atoms with Gasteiger partial charge in [0.15, 0.2) is 0 Å². The lowest BCUT2D eigenvalue weighted by molar-refractivity contribution is -0.130. The molecule has 2 rings (SSSR count). The van der Waals surface area contributed by atoms with Crippen LogP contribution in [0.1, 0.15) is 20.2 Å². The summed E-state index contributed by atoms with van der Waals surface area (Å²) < 4.78 is 5.47. The van der Waals surface area contributed by atoms with Gasteiger partial charge in [-0.3, -0.25) is 4.79 Å².